The van der Waals surface area contributed by atoms with Crippen molar-refractivity contribution in [2.75, 3.05) is 13.2 Å². The summed E-state index contributed by atoms with van der Waals surface area (Å²) in [5.74, 6) is 0. The first-order valence-corrected chi connectivity index (χ1v) is 6.56. The average molecular weight is 412 g/mol. The van der Waals surface area contributed by atoms with Crippen LogP contribution in [0.5, 0.6) is 0 Å². The summed E-state index contributed by atoms with van der Waals surface area (Å²) in [6, 6.07) is 0. The molecule has 24 heavy (non-hydrogen) atoms. The first kappa shape index (κ1) is 23.3. The van der Waals surface area contributed by atoms with E-state index >= 15 is 0 Å². The van der Waals surface area contributed by atoms with E-state index in [0.717, 1.165) is 0 Å². The minimum Gasteiger partial charge on any atom is -0.277 e. The van der Waals surface area contributed by atoms with E-state index in [1.165, 1.54) is 0 Å². The monoisotopic (exact) mass is 412 g/mol. The molecule has 0 saturated carbocycles. The maximum absolute atomic E-state index is 12.2. The van der Waals surface area contributed by atoms with Gasteiger partial charge in [-0.2, -0.15) is 52.7 Å². The Labute approximate surface area is 124 Å². The predicted molar refractivity (Wildman–Crippen MR) is 48.6 cm³/mol. The summed E-state index contributed by atoms with van der Waals surface area (Å²) in [5, 5.41) is 0. The highest BCUT2D eigenvalue weighted by atomic mass is 31.2. The highest BCUT2D eigenvalue weighted by Crippen LogP contribution is 2.56. The molecule has 0 N–H and O–H groups in total. The van der Waals surface area contributed by atoms with Gasteiger partial charge in [-0.25, -0.2) is 4.57 Å². The van der Waals surface area contributed by atoms with Crippen molar-refractivity contribution in [3.63, 3.8) is 0 Å². The highest BCUT2D eigenvalue weighted by Gasteiger charge is 2.61. The molecule has 0 spiro atoms. The molecule has 0 aromatic heterocycles. The lowest BCUT2D eigenvalue weighted by Crippen LogP contribution is -2.44. The molecule has 0 fully saturated rings. The molecule has 0 atom stereocenters. The number of phosphoric acid groups is 1. The Balaban J connectivity index is 5.47. The Hall–Kier alpha value is -0.730. The van der Waals surface area contributed by atoms with E-state index < -0.39 is 51.8 Å². The van der Waals surface area contributed by atoms with Gasteiger partial charge in [-0.1, -0.05) is 0 Å². The third kappa shape index (κ3) is 9.54. The van der Waals surface area contributed by atoms with Crippen LogP contribution in [0, 0.1) is 0 Å². The molecule has 4 nitrogen and oxygen atoms in total. The Bertz CT molecular complexity index is 412. The summed E-state index contributed by atoms with van der Waals surface area (Å²) in [4.78, 5) is 0. The van der Waals surface area contributed by atoms with Gasteiger partial charge in [0.05, 0.1) is 0 Å². The number of hydrogen-bond donors (Lipinski definition) is 0. The molecule has 0 rings (SSSR count). The molecule has 0 aromatic carbocycles. The second kappa shape index (κ2) is 7.25. The summed E-state index contributed by atoms with van der Waals surface area (Å²) in [7, 11) is -6.54. The van der Waals surface area contributed by atoms with Crippen LogP contribution >= 0.6 is 7.82 Å². The van der Waals surface area contributed by atoms with Crippen LogP contribution in [0.15, 0.2) is 0 Å². The predicted octanol–water partition coefficient (Wildman–Crippen LogP) is 4.76. The molecule has 146 valence electrons. The average Bonchev–Trinajstić information content (AvgIpc) is 2.27. The normalized spacial score (nSPS) is 15.2. The minimum absolute atomic E-state index is 2.79. The molecule has 17 heteroatoms. The highest BCUT2D eigenvalue weighted by molar-refractivity contribution is 7.48. The van der Waals surface area contributed by atoms with E-state index in [9.17, 15) is 57.3 Å². The summed E-state index contributed by atoms with van der Waals surface area (Å²) in [5.41, 5.74) is 0. The molecule has 0 saturated heterocycles. The molecule has 0 amide bonds. The van der Waals surface area contributed by atoms with Crippen LogP contribution < -0.4 is 0 Å². The summed E-state index contributed by atoms with van der Waals surface area (Å²) >= 11 is 0. The molecular weight excluding hydrogens is 407 g/mol. The first-order valence-electron chi connectivity index (χ1n) is 5.10. The van der Waals surface area contributed by atoms with E-state index in [1.807, 2.05) is 0 Å². The quantitative estimate of drug-likeness (QED) is 0.466. The van der Waals surface area contributed by atoms with E-state index in [2.05, 4.69) is 13.6 Å². The van der Waals surface area contributed by atoms with Crippen LogP contribution in [-0.2, 0) is 18.1 Å². The second-order valence-corrected chi connectivity index (χ2v) is 5.41. The van der Waals surface area contributed by atoms with Crippen LogP contribution in [-0.4, -0.2) is 44.0 Å². The van der Waals surface area contributed by atoms with Crippen molar-refractivity contribution < 1.29 is 70.8 Å². The van der Waals surface area contributed by atoms with Crippen LogP contribution in [0.2, 0.25) is 0 Å². The van der Waals surface area contributed by atoms with Crippen molar-refractivity contribution in [3.8, 4) is 0 Å². The molecule has 0 aromatic rings. The maximum Gasteiger partial charge on any atom is 0.476 e. The Morgan fingerprint density at radius 2 is 0.958 bits per heavy atom. The maximum atomic E-state index is 12.2. The lowest BCUT2D eigenvalue weighted by Gasteiger charge is -2.27. The number of alkyl halides is 12. The van der Waals surface area contributed by atoms with E-state index in [-0.39, 0.29) is 0 Å². The summed E-state index contributed by atoms with van der Waals surface area (Å²) < 4.78 is 164. The number of halogens is 12. The molecule has 0 unspecified atom stereocenters. The molecular formula is C7H5F12O4P. The van der Waals surface area contributed by atoms with Gasteiger partial charge in [0.2, 0.25) is 0 Å². The van der Waals surface area contributed by atoms with Crippen molar-refractivity contribution in [2.24, 2.45) is 0 Å². The van der Waals surface area contributed by atoms with Gasteiger partial charge >= 0.3 is 32.5 Å². The molecule has 0 aliphatic rings. The SMILES string of the molecule is O=P(OCC(F)(F)F)(OCC(F)(F)F)OC(C(F)(F)F)C(F)(F)F. The third-order valence-corrected chi connectivity index (χ3v) is 2.96. The van der Waals surface area contributed by atoms with Gasteiger partial charge in [0.1, 0.15) is 0 Å². The number of phosphoric ester groups is 1. The van der Waals surface area contributed by atoms with Crippen molar-refractivity contribution in [1.82, 2.24) is 0 Å². The first-order chi connectivity index (χ1) is 10.3. The van der Waals surface area contributed by atoms with Gasteiger partial charge in [-0.05, 0) is 0 Å². The summed E-state index contributed by atoms with van der Waals surface area (Å²) in [6.07, 6.45) is -28.7. The van der Waals surface area contributed by atoms with E-state index in [4.69, 9.17) is 0 Å². The third-order valence-electron chi connectivity index (χ3n) is 1.60. The van der Waals surface area contributed by atoms with Crippen molar-refractivity contribution >= 4 is 7.82 Å². The lowest BCUT2D eigenvalue weighted by molar-refractivity contribution is -0.305. The second-order valence-electron chi connectivity index (χ2n) is 3.79. The van der Waals surface area contributed by atoms with Crippen molar-refractivity contribution in [2.45, 2.75) is 30.8 Å². The van der Waals surface area contributed by atoms with Crippen LogP contribution in [0.4, 0.5) is 52.7 Å². The van der Waals surface area contributed by atoms with Gasteiger partial charge in [0.25, 0.3) is 6.10 Å². The van der Waals surface area contributed by atoms with Crippen LogP contribution in [0.3, 0.4) is 0 Å². The van der Waals surface area contributed by atoms with Gasteiger partial charge < -0.3 is 0 Å². The summed E-state index contributed by atoms with van der Waals surface area (Å²) in [6.45, 7) is -5.57. The minimum atomic E-state index is -6.54. The van der Waals surface area contributed by atoms with Gasteiger partial charge in [0.15, 0.2) is 13.2 Å². The molecule has 0 radical (unpaired) electrons. The molecule has 0 aliphatic heterocycles. The van der Waals surface area contributed by atoms with E-state index in [0.29, 0.717) is 0 Å². The number of hydrogen-bond acceptors (Lipinski definition) is 4. The topological polar surface area (TPSA) is 44.8 Å². The van der Waals surface area contributed by atoms with Crippen LogP contribution in [0.25, 0.3) is 0 Å². The fourth-order valence-electron chi connectivity index (χ4n) is 0.837. The lowest BCUT2D eigenvalue weighted by atomic mass is 10.3. The fourth-order valence-corrected chi connectivity index (χ4v) is 2.14. The number of rotatable bonds is 6. The standard InChI is InChI=1S/C7H5F12O4P/c8-4(9,10)1-21-24(20,22-2-5(11,12)13)23-3(6(14,15)16)7(17,18)19/h3H,1-2H2. The Morgan fingerprint density at radius 3 is 1.17 bits per heavy atom. The van der Waals surface area contributed by atoms with Gasteiger partial charge in [-0.15, -0.1) is 0 Å². The fraction of sp³-hybridized carbons (Fsp3) is 1.00. The molecule has 0 bridgehead atoms. The van der Waals surface area contributed by atoms with Crippen molar-refractivity contribution in [3.05, 3.63) is 0 Å². The zero-order valence-corrected chi connectivity index (χ0v) is 11.5. The zero-order valence-electron chi connectivity index (χ0n) is 10.6. The smallest absolute Gasteiger partial charge is 0.277 e. The largest absolute Gasteiger partial charge is 0.476 e. The molecule has 0 heterocycles. The zero-order chi connectivity index (χ0) is 19.6. The Morgan fingerprint density at radius 1 is 0.667 bits per heavy atom. The van der Waals surface area contributed by atoms with Crippen LogP contribution in [0.1, 0.15) is 0 Å². The van der Waals surface area contributed by atoms with Crippen molar-refractivity contribution in [1.29, 1.82) is 0 Å². The Kier molecular flexibility index (Phi) is 7.03. The molecule has 0 aliphatic carbocycles. The van der Waals surface area contributed by atoms with Gasteiger partial charge in [-0.3, -0.25) is 13.6 Å². The van der Waals surface area contributed by atoms with Gasteiger partial charge in [0, 0.05) is 0 Å². The van der Waals surface area contributed by atoms with E-state index in [1.54, 1.807) is 0 Å².